The SMILES string of the molecule is CC1(C)CC2CC(C)(CN2C[C@H]2C[C@@H](c3ccc(CO)cc3)O[C@@H](c3ccc(-c4ccccc4CNC(=O)C(Cl)(Cl)Cl)cc3)O2)C1. The number of fused-ring (bicyclic) bond motifs is 2. The Morgan fingerprint density at radius 2 is 1.65 bits per heavy atom. The zero-order chi connectivity index (χ0) is 32.7. The van der Waals surface area contributed by atoms with Gasteiger partial charge in [0, 0.05) is 37.7 Å². The number of halogens is 3. The summed E-state index contributed by atoms with van der Waals surface area (Å²) in [6.07, 6.45) is 3.86. The van der Waals surface area contributed by atoms with Gasteiger partial charge in [-0.2, -0.15) is 0 Å². The van der Waals surface area contributed by atoms with E-state index in [0.717, 1.165) is 52.9 Å². The topological polar surface area (TPSA) is 71.0 Å². The molecule has 6 nitrogen and oxygen atoms in total. The van der Waals surface area contributed by atoms with Gasteiger partial charge >= 0.3 is 0 Å². The van der Waals surface area contributed by atoms with Crippen LogP contribution < -0.4 is 5.32 Å². The average molecular weight is 686 g/mol. The van der Waals surface area contributed by atoms with Crippen molar-refractivity contribution in [3.8, 4) is 11.1 Å². The zero-order valence-corrected chi connectivity index (χ0v) is 28.9. The molecule has 1 aliphatic carbocycles. The molecule has 2 aliphatic heterocycles. The number of carbonyl (C=O) groups is 1. The molecule has 2 N–H and O–H groups in total. The number of benzene rings is 3. The molecule has 246 valence electrons. The van der Waals surface area contributed by atoms with Crippen molar-refractivity contribution in [2.75, 3.05) is 13.1 Å². The molecule has 2 bridgehead atoms. The van der Waals surface area contributed by atoms with Crippen molar-refractivity contribution in [1.29, 1.82) is 0 Å². The van der Waals surface area contributed by atoms with Gasteiger partial charge in [0.05, 0.1) is 18.8 Å². The molecule has 1 amide bonds. The first-order chi connectivity index (χ1) is 21.8. The van der Waals surface area contributed by atoms with E-state index in [1.807, 2.05) is 36.4 Å². The van der Waals surface area contributed by atoms with E-state index < -0.39 is 16.0 Å². The Hall–Kier alpha value is -2.16. The smallest absolute Gasteiger partial charge is 0.272 e. The van der Waals surface area contributed by atoms with E-state index >= 15 is 0 Å². The molecule has 0 aromatic heterocycles. The first-order valence-electron chi connectivity index (χ1n) is 16.1. The fourth-order valence-electron chi connectivity index (χ4n) is 8.14. The minimum atomic E-state index is -2.02. The Morgan fingerprint density at radius 3 is 2.35 bits per heavy atom. The van der Waals surface area contributed by atoms with Crippen molar-refractivity contribution in [3.63, 3.8) is 0 Å². The first kappa shape index (κ1) is 33.7. The standard InChI is InChI=1S/C37H43Cl3N2O4/c1-35(2)17-29-18-36(3,22-35)23-42(29)20-30-16-32(26-10-8-24(21-43)9-11-26)46-33(45-30)27-14-12-25(13-15-27)31-7-5-4-6-28(31)19-41-34(44)37(38,39)40/h4-15,29-30,32-33,43H,16-23H2,1-3H3,(H,41,44)/t29?,30-,32+,33+,36?/m1/s1. The van der Waals surface area contributed by atoms with E-state index in [2.05, 4.69) is 67.4 Å². The summed E-state index contributed by atoms with van der Waals surface area (Å²) < 4.78 is 11.4. The van der Waals surface area contributed by atoms with Gasteiger partial charge in [0.15, 0.2) is 6.29 Å². The molecule has 9 heteroatoms. The third-order valence-electron chi connectivity index (χ3n) is 9.78. The second kappa shape index (κ2) is 13.4. The second-order valence-electron chi connectivity index (χ2n) is 14.5. The van der Waals surface area contributed by atoms with Crippen molar-refractivity contribution in [2.24, 2.45) is 10.8 Å². The average Bonchev–Trinajstić information content (AvgIpc) is 3.26. The van der Waals surface area contributed by atoms with Crippen LogP contribution in [0.1, 0.15) is 81.1 Å². The van der Waals surface area contributed by atoms with Gasteiger partial charge in [0.1, 0.15) is 0 Å². The molecule has 46 heavy (non-hydrogen) atoms. The predicted molar refractivity (Wildman–Crippen MR) is 184 cm³/mol. The number of ether oxygens (including phenoxy) is 2. The third kappa shape index (κ3) is 7.76. The van der Waals surface area contributed by atoms with Gasteiger partial charge in [0.25, 0.3) is 9.70 Å². The van der Waals surface area contributed by atoms with Crippen LogP contribution in [0.15, 0.2) is 72.8 Å². The number of nitrogens with zero attached hydrogens (tertiary/aromatic N) is 1. The van der Waals surface area contributed by atoms with E-state index in [1.54, 1.807) is 0 Å². The van der Waals surface area contributed by atoms with Crippen LogP contribution in [0.2, 0.25) is 0 Å². The largest absolute Gasteiger partial charge is 0.392 e. The Kier molecular flexibility index (Phi) is 9.82. The summed E-state index contributed by atoms with van der Waals surface area (Å²) in [6, 6.07) is 24.7. The summed E-state index contributed by atoms with van der Waals surface area (Å²) in [4.78, 5) is 14.8. The highest BCUT2D eigenvalue weighted by atomic mass is 35.6. The number of aliphatic hydroxyl groups is 1. The van der Waals surface area contributed by atoms with Gasteiger partial charge in [0.2, 0.25) is 0 Å². The summed E-state index contributed by atoms with van der Waals surface area (Å²) >= 11 is 17.2. The predicted octanol–water partition coefficient (Wildman–Crippen LogP) is 8.28. The fourth-order valence-corrected chi connectivity index (χ4v) is 8.34. The van der Waals surface area contributed by atoms with Crippen LogP contribution in [0.5, 0.6) is 0 Å². The first-order valence-corrected chi connectivity index (χ1v) is 17.2. The highest BCUT2D eigenvalue weighted by Gasteiger charge is 2.50. The van der Waals surface area contributed by atoms with Crippen molar-refractivity contribution >= 4 is 40.7 Å². The van der Waals surface area contributed by atoms with Crippen molar-refractivity contribution in [2.45, 2.75) is 87.9 Å². The summed E-state index contributed by atoms with van der Waals surface area (Å²) in [5.41, 5.74) is 6.50. The van der Waals surface area contributed by atoms with E-state index in [4.69, 9.17) is 44.3 Å². The molecule has 1 saturated carbocycles. The Bertz CT molecular complexity index is 1520. The maximum absolute atomic E-state index is 12.2. The number of rotatable bonds is 8. The Labute approximate surface area is 287 Å². The number of nitrogens with one attached hydrogen (secondary N) is 1. The summed E-state index contributed by atoms with van der Waals surface area (Å²) in [6.45, 7) is 9.51. The Morgan fingerprint density at radius 1 is 0.957 bits per heavy atom. The molecular weight excluding hydrogens is 643 g/mol. The summed E-state index contributed by atoms with van der Waals surface area (Å²) in [5.74, 6) is -0.667. The maximum atomic E-state index is 12.2. The van der Waals surface area contributed by atoms with Gasteiger partial charge in [-0.1, -0.05) is 128 Å². The number of likely N-dealkylation sites (tertiary alicyclic amines) is 1. The van der Waals surface area contributed by atoms with E-state index in [0.29, 0.717) is 16.9 Å². The fraction of sp³-hybridized carbons (Fsp3) is 0.486. The Balaban J connectivity index is 1.22. The highest BCUT2D eigenvalue weighted by molar-refractivity contribution is 6.76. The van der Waals surface area contributed by atoms with Gasteiger partial charge in [-0.05, 0) is 57.9 Å². The normalized spacial score (nSPS) is 27.8. The lowest BCUT2D eigenvalue weighted by Crippen LogP contribution is -2.42. The quantitative estimate of drug-likeness (QED) is 0.234. The monoisotopic (exact) mass is 684 g/mol. The molecule has 3 aromatic carbocycles. The number of hydrogen-bond acceptors (Lipinski definition) is 5. The molecule has 0 radical (unpaired) electrons. The third-order valence-corrected chi connectivity index (χ3v) is 10.3. The minimum absolute atomic E-state index is 0.00858. The molecule has 3 aromatic rings. The maximum Gasteiger partial charge on any atom is 0.272 e. The lowest BCUT2D eigenvalue weighted by molar-refractivity contribution is -0.253. The number of aliphatic hydroxyl groups excluding tert-OH is 1. The lowest BCUT2D eigenvalue weighted by atomic mass is 9.65. The number of amides is 1. The van der Waals surface area contributed by atoms with E-state index in [-0.39, 0.29) is 25.4 Å². The zero-order valence-electron chi connectivity index (χ0n) is 26.6. The molecule has 6 rings (SSSR count). The van der Waals surface area contributed by atoms with Gasteiger partial charge < -0.3 is 19.9 Å². The molecule has 3 aliphatic rings. The molecule has 2 saturated heterocycles. The summed E-state index contributed by atoms with van der Waals surface area (Å²) in [7, 11) is 0. The van der Waals surface area contributed by atoms with Crippen LogP contribution in [0, 0.1) is 10.8 Å². The van der Waals surface area contributed by atoms with Crippen molar-refractivity contribution in [3.05, 3.63) is 95.1 Å². The molecule has 0 spiro atoms. The minimum Gasteiger partial charge on any atom is -0.392 e. The molecule has 3 fully saturated rings. The van der Waals surface area contributed by atoms with Crippen LogP contribution in [0.3, 0.4) is 0 Å². The summed E-state index contributed by atoms with van der Waals surface area (Å²) in [5, 5.41) is 12.3. The molecular formula is C37H43Cl3N2O4. The number of alkyl halides is 3. The molecule has 2 unspecified atom stereocenters. The van der Waals surface area contributed by atoms with Crippen LogP contribution in [-0.2, 0) is 27.4 Å². The van der Waals surface area contributed by atoms with Crippen LogP contribution >= 0.6 is 34.8 Å². The van der Waals surface area contributed by atoms with Crippen LogP contribution in [0.4, 0.5) is 0 Å². The van der Waals surface area contributed by atoms with Crippen LogP contribution in [0.25, 0.3) is 11.1 Å². The highest BCUT2D eigenvalue weighted by Crippen LogP contribution is 2.53. The molecule has 2 heterocycles. The van der Waals surface area contributed by atoms with Crippen LogP contribution in [-0.4, -0.2) is 44.9 Å². The lowest BCUT2D eigenvalue weighted by Gasteiger charge is -2.41. The second-order valence-corrected chi connectivity index (χ2v) is 16.7. The van der Waals surface area contributed by atoms with E-state index in [1.165, 1.54) is 19.3 Å². The van der Waals surface area contributed by atoms with Crippen molar-refractivity contribution < 1.29 is 19.4 Å². The van der Waals surface area contributed by atoms with Crippen molar-refractivity contribution in [1.82, 2.24) is 10.2 Å². The van der Waals surface area contributed by atoms with E-state index in [9.17, 15) is 9.90 Å². The number of carbonyl (C=O) groups excluding carboxylic acids is 1. The van der Waals surface area contributed by atoms with Gasteiger partial charge in [-0.25, -0.2) is 0 Å². The molecule has 5 atom stereocenters. The number of hydrogen-bond donors (Lipinski definition) is 2. The van der Waals surface area contributed by atoms with Gasteiger partial charge in [-0.15, -0.1) is 0 Å². The van der Waals surface area contributed by atoms with Gasteiger partial charge in [-0.3, -0.25) is 9.69 Å².